The maximum absolute atomic E-state index is 12.9. The summed E-state index contributed by atoms with van der Waals surface area (Å²) >= 11 is 1.38. The van der Waals surface area contributed by atoms with Crippen molar-refractivity contribution < 1.29 is 14.0 Å². The van der Waals surface area contributed by atoms with Crippen LogP contribution in [0.1, 0.15) is 20.8 Å². The molecule has 7 heteroatoms. The molecule has 0 N–H and O–H groups in total. The van der Waals surface area contributed by atoms with Crippen molar-refractivity contribution in [1.29, 1.82) is 0 Å². The second-order valence-electron chi connectivity index (χ2n) is 4.96. The monoisotopic (exact) mass is 319 g/mol. The zero-order valence-corrected chi connectivity index (χ0v) is 12.6. The Morgan fingerprint density at radius 1 is 1.00 bits per heavy atom. The van der Waals surface area contributed by atoms with Gasteiger partial charge in [-0.25, -0.2) is 9.37 Å². The Kier molecular flexibility index (Phi) is 4.15. The van der Waals surface area contributed by atoms with Gasteiger partial charge in [0.25, 0.3) is 11.8 Å². The third-order valence-electron chi connectivity index (χ3n) is 3.60. The first-order valence-electron chi connectivity index (χ1n) is 6.87. The molecule has 1 aromatic heterocycles. The summed E-state index contributed by atoms with van der Waals surface area (Å²) in [5.74, 6) is -0.605. The van der Waals surface area contributed by atoms with Gasteiger partial charge in [0, 0.05) is 37.1 Å². The maximum Gasteiger partial charge on any atom is 0.273 e. The van der Waals surface area contributed by atoms with Gasteiger partial charge < -0.3 is 9.80 Å². The molecule has 5 nitrogen and oxygen atoms in total. The molecule has 2 heterocycles. The summed E-state index contributed by atoms with van der Waals surface area (Å²) in [6, 6.07) is 5.50. The summed E-state index contributed by atoms with van der Waals surface area (Å²) in [5, 5.41) is 1.72. The number of amides is 2. The Labute approximate surface area is 131 Å². The van der Waals surface area contributed by atoms with E-state index in [0.717, 1.165) is 0 Å². The SMILES string of the molecule is O=C(c1ccc(F)cc1)N1CCN(C(=O)c2cscn2)CC1. The normalized spacial score (nSPS) is 15.0. The van der Waals surface area contributed by atoms with E-state index in [0.29, 0.717) is 37.4 Å². The number of hydrogen-bond acceptors (Lipinski definition) is 4. The lowest BCUT2D eigenvalue weighted by molar-refractivity contribution is 0.0532. The minimum absolute atomic E-state index is 0.102. The third-order valence-corrected chi connectivity index (χ3v) is 4.18. The fraction of sp³-hybridized carbons (Fsp3) is 0.267. The Morgan fingerprint density at radius 2 is 1.59 bits per heavy atom. The van der Waals surface area contributed by atoms with Crippen molar-refractivity contribution in [2.75, 3.05) is 26.2 Å². The van der Waals surface area contributed by atoms with E-state index in [4.69, 9.17) is 0 Å². The smallest absolute Gasteiger partial charge is 0.273 e. The first-order chi connectivity index (χ1) is 10.6. The van der Waals surface area contributed by atoms with Crippen LogP contribution in [0.5, 0.6) is 0 Å². The second-order valence-corrected chi connectivity index (χ2v) is 5.68. The molecule has 2 aromatic rings. The Hall–Kier alpha value is -2.28. The van der Waals surface area contributed by atoms with Crippen molar-refractivity contribution in [2.45, 2.75) is 0 Å². The number of rotatable bonds is 2. The van der Waals surface area contributed by atoms with Gasteiger partial charge >= 0.3 is 0 Å². The fourth-order valence-corrected chi connectivity index (χ4v) is 2.89. The van der Waals surface area contributed by atoms with E-state index in [-0.39, 0.29) is 17.6 Å². The molecule has 22 heavy (non-hydrogen) atoms. The molecule has 1 aromatic carbocycles. The Balaban J connectivity index is 1.60. The number of carbonyl (C=O) groups excluding carboxylic acids is 2. The van der Waals surface area contributed by atoms with E-state index in [1.807, 2.05) is 0 Å². The summed E-state index contributed by atoms with van der Waals surface area (Å²) in [6.07, 6.45) is 0. The van der Waals surface area contributed by atoms with Crippen molar-refractivity contribution in [2.24, 2.45) is 0 Å². The van der Waals surface area contributed by atoms with Crippen LogP contribution < -0.4 is 0 Å². The fourth-order valence-electron chi connectivity index (χ4n) is 2.37. The highest BCUT2D eigenvalue weighted by Crippen LogP contribution is 2.12. The maximum atomic E-state index is 12.9. The van der Waals surface area contributed by atoms with Crippen LogP contribution in [0.25, 0.3) is 0 Å². The first kappa shape index (κ1) is 14.6. The molecule has 0 atom stereocenters. The topological polar surface area (TPSA) is 53.5 Å². The summed E-state index contributed by atoms with van der Waals surface area (Å²) in [4.78, 5) is 31.9. The number of hydrogen-bond donors (Lipinski definition) is 0. The molecule has 0 bridgehead atoms. The molecular weight excluding hydrogens is 305 g/mol. The molecule has 0 spiro atoms. The number of piperazine rings is 1. The lowest BCUT2D eigenvalue weighted by atomic mass is 10.1. The van der Waals surface area contributed by atoms with Gasteiger partial charge in [0.15, 0.2) is 0 Å². The minimum Gasteiger partial charge on any atom is -0.335 e. The van der Waals surface area contributed by atoms with E-state index in [1.54, 1.807) is 20.7 Å². The summed E-state index contributed by atoms with van der Waals surface area (Å²) in [5.41, 5.74) is 2.53. The highest BCUT2D eigenvalue weighted by molar-refractivity contribution is 7.07. The van der Waals surface area contributed by atoms with Crippen molar-refractivity contribution in [3.8, 4) is 0 Å². The van der Waals surface area contributed by atoms with Crippen LogP contribution >= 0.6 is 11.3 Å². The zero-order chi connectivity index (χ0) is 15.5. The molecule has 0 aliphatic carbocycles. The summed E-state index contributed by atoms with van der Waals surface area (Å²) < 4.78 is 12.9. The molecule has 0 unspecified atom stereocenters. The number of nitrogens with zero attached hydrogens (tertiary/aromatic N) is 3. The minimum atomic E-state index is -0.366. The molecule has 0 radical (unpaired) electrons. The molecule has 1 fully saturated rings. The Bertz CT molecular complexity index is 665. The van der Waals surface area contributed by atoms with Gasteiger partial charge in [0.2, 0.25) is 0 Å². The highest BCUT2D eigenvalue weighted by Gasteiger charge is 2.26. The molecule has 1 aliphatic heterocycles. The average molecular weight is 319 g/mol. The zero-order valence-electron chi connectivity index (χ0n) is 11.7. The summed E-state index contributed by atoms with van der Waals surface area (Å²) in [6.45, 7) is 1.88. The number of carbonyl (C=O) groups is 2. The molecule has 2 amide bonds. The van der Waals surface area contributed by atoms with Crippen LogP contribution in [0.15, 0.2) is 35.2 Å². The van der Waals surface area contributed by atoms with Gasteiger partial charge in [-0.15, -0.1) is 11.3 Å². The van der Waals surface area contributed by atoms with Gasteiger partial charge in [0.05, 0.1) is 5.51 Å². The lowest BCUT2D eigenvalue weighted by Gasteiger charge is -2.34. The molecule has 3 rings (SSSR count). The number of aromatic nitrogens is 1. The molecule has 114 valence electrons. The van der Waals surface area contributed by atoms with Crippen LogP contribution in [0.4, 0.5) is 4.39 Å². The van der Waals surface area contributed by atoms with Crippen LogP contribution in [-0.2, 0) is 0 Å². The quantitative estimate of drug-likeness (QED) is 0.849. The third kappa shape index (κ3) is 2.99. The van der Waals surface area contributed by atoms with Crippen molar-refractivity contribution in [3.63, 3.8) is 0 Å². The molecule has 1 aliphatic rings. The van der Waals surface area contributed by atoms with Crippen LogP contribution in [0, 0.1) is 5.82 Å². The van der Waals surface area contributed by atoms with Crippen LogP contribution in [-0.4, -0.2) is 52.8 Å². The van der Waals surface area contributed by atoms with Crippen molar-refractivity contribution in [3.05, 3.63) is 52.2 Å². The lowest BCUT2D eigenvalue weighted by Crippen LogP contribution is -2.50. The van der Waals surface area contributed by atoms with Crippen molar-refractivity contribution >= 4 is 23.2 Å². The highest BCUT2D eigenvalue weighted by atomic mass is 32.1. The first-order valence-corrected chi connectivity index (χ1v) is 7.82. The van der Waals surface area contributed by atoms with Crippen molar-refractivity contribution in [1.82, 2.24) is 14.8 Å². The molecule has 0 saturated carbocycles. The second kappa shape index (κ2) is 6.23. The van der Waals surface area contributed by atoms with E-state index in [2.05, 4.69) is 4.98 Å². The van der Waals surface area contributed by atoms with Gasteiger partial charge in [-0.05, 0) is 24.3 Å². The predicted molar refractivity (Wildman–Crippen MR) is 80.3 cm³/mol. The van der Waals surface area contributed by atoms with Gasteiger partial charge in [-0.3, -0.25) is 9.59 Å². The molecular formula is C15H14FN3O2S. The number of halogens is 1. The van der Waals surface area contributed by atoms with E-state index in [1.165, 1.54) is 35.6 Å². The molecule has 1 saturated heterocycles. The summed E-state index contributed by atoms with van der Waals surface area (Å²) in [7, 11) is 0. The van der Waals surface area contributed by atoms with E-state index < -0.39 is 0 Å². The van der Waals surface area contributed by atoms with E-state index in [9.17, 15) is 14.0 Å². The van der Waals surface area contributed by atoms with Gasteiger partial charge in [0.1, 0.15) is 11.5 Å². The van der Waals surface area contributed by atoms with E-state index >= 15 is 0 Å². The van der Waals surface area contributed by atoms with Crippen LogP contribution in [0.3, 0.4) is 0 Å². The van der Waals surface area contributed by atoms with Crippen LogP contribution in [0.2, 0.25) is 0 Å². The predicted octanol–water partition coefficient (Wildman–Crippen LogP) is 1.88. The van der Waals surface area contributed by atoms with Gasteiger partial charge in [-0.1, -0.05) is 0 Å². The largest absolute Gasteiger partial charge is 0.335 e. The standard InChI is InChI=1S/C15H14FN3O2S/c16-12-3-1-11(2-4-12)14(20)18-5-7-19(8-6-18)15(21)13-9-22-10-17-13/h1-4,9-10H,5-8H2. The Morgan fingerprint density at radius 3 is 2.14 bits per heavy atom. The average Bonchev–Trinajstić information content (AvgIpc) is 3.09. The number of benzene rings is 1. The number of thiazole rings is 1. The van der Waals surface area contributed by atoms with Gasteiger partial charge in [-0.2, -0.15) is 0 Å².